The van der Waals surface area contributed by atoms with Gasteiger partial charge in [-0.2, -0.15) is 0 Å². The first-order chi connectivity index (χ1) is 27.2. The SMILES string of the molecule is c1ccc(-c2ccc(-c3nc(-c4ccc(-c5cccc(-c6cccc7c6C6(CCCCC6)c6ccccc6-7)c5)cc4)c4sc5ccccc5c4n3)cc2)cc1. The van der Waals surface area contributed by atoms with Crippen LogP contribution in [0, 0.1) is 0 Å². The van der Waals surface area contributed by atoms with Gasteiger partial charge in [-0.1, -0.05) is 177 Å². The Morgan fingerprint density at radius 3 is 1.87 bits per heavy atom. The Bertz CT molecular complexity index is 2880. The second kappa shape index (κ2) is 13.0. The number of aromatic nitrogens is 2. The molecule has 0 atom stereocenters. The summed E-state index contributed by atoms with van der Waals surface area (Å²) in [5.74, 6) is 0.746. The highest BCUT2D eigenvalue weighted by Crippen LogP contribution is 2.58. The van der Waals surface area contributed by atoms with Gasteiger partial charge in [-0.15, -0.1) is 11.3 Å². The summed E-state index contributed by atoms with van der Waals surface area (Å²) in [5, 5.41) is 1.17. The van der Waals surface area contributed by atoms with Gasteiger partial charge < -0.3 is 0 Å². The van der Waals surface area contributed by atoms with E-state index < -0.39 is 0 Å². The van der Waals surface area contributed by atoms with E-state index in [2.05, 4.69) is 170 Å². The molecule has 262 valence electrons. The third kappa shape index (κ3) is 5.29. The molecule has 7 aromatic carbocycles. The molecule has 1 fully saturated rings. The molecule has 0 radical (unpaired) electrons. The van der Waals surface area contributed by atoms with Crippen LogP contribution in [0.5, 0.6) is 0 Å². The first-order valence-electron chi connectivity index (χ1n) is 19.5. The Balaban J connectivity index is 0.982. The van der Waals surface area contributed by atoms with Crippen LogP contribution in [0.4, 0.5) is 0 Å². The van der Waals surface area contributed by atoms with Crippen LogP contribution in [-0.4, -0.2) is 9.97 Å². The van der Waals surface area contributed by atoms with Crippen LogP contribution in [0.3, 0.4) is 0 Å². The van der Waals surface area contributed by atoms with E-state index in [4.69, 9.17) is 9.97 Å². The van der Waals surface area contributed by atoms with Gasteiger partial charge in [0.05, 0.1) is 15.9 Å². The fourth-order valence-corrected chi connectivity index (χ4v) is 10.7. The minimum absolute atomic E-state index is 0.108. The number of hydrogen-bond donors (Lipinski definition) is 0. The maximum absolute atomic E-state index is 5.29. The molecule has 0 unspecified atom stereocenters. The number of fused-ring (bicyclic) bond motifs is 8. The van der Waals surface area contributed by atoms with E-state index in [1.807, 2.05) is 0 Å². The van der Waals surface area contributed by atoms with E-state index in [0.29, 0.717) is 0 Å². The first kappa shape index (κ1) is 32.3. The van der Waals surface area contributed by atoms with Crippen LogP contribution in [0.1, 0.15) is 43.2 Å². The van der Waals surface area contributed by atoms with Crippen molar-refractivity contribution in [1.82, 2.24) is 9.97 Å². The Morgan fingerprint density at radius 2 is 1.04 bits per heavy atom. The zero-order valence-corrected chi connectivity index (χ0v) is 31.3. The number of rotatable bonds is 5. The average Bonchev–Trinajstić information content (AvgIpc) is 3.77. The van der Waals surface area contributed by atoms with Gasteiger partial charge in [0.25, 0.3) is 0 Å². The number of thiophene rings is 1. The summed E-state index contributed by atoms with van der Waals surface area (Å²) in [4.78, 5) is 10.5. The molecule has 0 N–H and O–H groups in total. The maximum atomic E-state index is 5.29. The molecular formula is C52H38N2S. The third-order valence-corrected chi connectivity index (χ3v) is 13.3. The van der Waals surface area contributed by atoms with Crippen molar-refractivity contribution in [2.24, 2.45) is 0 Å². The molecule has 2 heterocycles. The summed E-state index contributed by atoms with van der Waals surface area (Å²) in [5.41, 5.74) is 17.6. The van der Waals surface area contributed by atoms with E-state index in [0.717, 1.165) is 32.9 Å². The van der Waals surface area contributed by atoms with E-state index >= 15 is 0 Å². The van der Waals surface area contributed by atoms with Crippen LogP contribution in [0.15, 0.2) is 170 Å². The van der Waals surface area contributed by atoms with Gasteiger partial charge in [0.1, 0.15) is 0 Å². The van der Waals surface area contributed by atoms with Crippen molar-refractivity contribution in [2.75, 3.05) is 0 Å². The smallest absolute Gasteiger partial charge is 0.160 e. The van der Waals surface area contributed by atoms with Crippen LogP contribution in [0.25, 0.3) is 87.5 Å². The monoisotopic (exact) mass is 722 g/mol. The molecule has 2 aliphatic carbocycles. The fourth-order valence-electron chi connectivity index (χ4n) is 9.52. The summed E-state index contributed by atoms with van der Waals surface area (Å²) in [6, 6.07) is 62.1. The van der Waals surface area contributed by atoms with Crippen LogP contribution >= 0.6 is 11.3 Å². The van der Waals surface area contributed by atoms with Gasteiger partial charge in [0.15, 0.2) is 5.82 Å². The van der Waals surface area contributed by atoms with Crippen molar-refractivity contribution in [1.29, 1.82) is 0 Å². The van der Waals surface area contributed by atoms with Gasteiger partial charge in [0.2, 0.25) is 0 Å². The topological polar surface area (TPSA) is 25.8 Å². The Morgan fingerprint density at radius 1 is 0.436 bits per heavy atom. The molecule has 1 spiro atoms. The largest absolute Gasteiger partial charge is 0.226 e. The standard InChI is InChI=1S/C52H38N2S/c1-3-13-34(14-4-1)35-25-29-38(30-26-35)51-53-48(50-49(54-51)44-18-6-8-22-46(44)55-50)37-27-23-36(24-28-37)39-15-11-16-40(33-39)41-19-12-20-43-42-17-5-7-21-45(42)52(47(41)43)31-9-2-10-32-52/h1,3-8,11-30,33H,2,9-10,31-32H2. The lowest BCUT2D eigenvalue weighted by Crippen LogP contribution is -2.28. The third-order valence-electron chi connectivity index (χ3n) is 12.1. The van der Waals surface area contributed by atoms with E-state index in [1.54, 1.807) is 16.9 Å². The molecule has 1 saturated carbocycles. The molecule has 0 saturated heterocycles. The van der Waals surface area contributed by atoms with Crippen molar-refractivity contribution in [3.05, 3.63) is 181 Å². The van der Waals surface area contributed by atoms with Gasteiger partial charge >= 0.3 is 0 Å². The van der Waals surface area contributed by atoms with Gasteiger partial charge in [-0.05, 0) is 80.6 Å². The summed E-state index contributed by atoms with van der Waals surface area (Å²) in [6.07, 6.45) is 6.37. The maximum Gasteiger partial charge on any atom is 0.160 e. The Kier molecular flexibility index (Phi) is 7.63. The van der Waals surface area contributed by atoms with Gasteiger partial charge in [-0.3, -0.25) is 0 Å². The lowest BCUT2D eigenvalue weighted by atomic mass is 9.66. The predicted octanol–water partition coefficient (Wildman–Crippen LogP) is 14.4. The van der Waals surface area contributed by atoms with Gasteiger partial charge in [0, 0.05) is 26.6 Å². The van der Waals surface area contributed by atoms with E-state index in [1.165, 1.54) is 92.3 Å². The van der Waals surface area contributed by atoms with Crippen molar-refractivity contribution < 1.29 is 0 Å². The highest BCUT2D eigenvalue weighted by atomic mass is 32.1. The van der Waals surface area contributed by atoms with Crippen molar-refractivity contribution in [3.8, 4) is 67.2 Å². The molecule has 0 amide bonds. The number of nitrogens with zero attached hydrogens (tertiary/aromatic N) is 2. The summed E-state index contributed by atoms with van der Waals surface area (Å²) in [7, 11) is 0. The van der Waals surface area contributed by atoms with Gasteiger partial charge in [-0.25, -0.2) is 9.97 Å². The fraction of sp³-hybridized carbons (Fsp3) is 0.115. The lowest BCUT2D eigenvalue weighted by molar-refractivity contribution is 0.353. The van der Waals surface area contributed by atoms with E-state index in [9.17, 15) is 0 Å². The van der Waals surface area contributed by atoms with Crippen LogP contribution < -0.4 is 0 Å². The normalized spacial score (nSPS) is 14.3. The quantitative estimate of drug-likeness (QED) is 0.177. The second-order valence-electron chi connectivity index (χ2n) is 15.2. The zero-order valence-electron chi connectivity index (χ0n) is 30.5. The lowest BCUT2D eigenvalue weighted by Gasteiger charge is -2.37. The average molecular weight is 723 g/mol. The van der Waals surface area contributed by atoms with Crippen LogP contribution in [0.2, 0.25) is 0 Å². The molecule has 2 aliphatic rings. The predicted molar refractivity (Wildman–Crippen MR) is 231 cm³/mol. The molecular weight excluding hydrogens is 685 g/mol. The van der Waals surface area contributed by atoms with Crippen molar-refractivity contribution >= 4 is 31.6 Å². The molecule has 55 heavy (non-hydrogen) atoms. The number of benzene rings is 7. The minimum Gasteiger partial charge on any atom is -0.226 e. The Hall–Kier alpha value is -6.16. The van der Waals surface area contributed by atoms with Crippen molar-refractivity contribution in [3.63, 3.8) is 0 Å². The first-order valence-corrected chi connectivity index (χ1v) is 20.3. The highest BCUT2D eigenvalue weighted by Gasteiger charge is 2.45. The molecule has 2 aromatic heterocycles. The van der Waals surface area contributed by atoms with Crippen LogP contribution in [-0.2, 0) is 5.41 Å². The summed E-state index contributed by atoms with van der Waals surface area (Å²) >= 11 is 1.78. The molecule has 3 heteroatoms. The number of hydrogen-bond acceptors (Lipinski definition) is 3. The summed E-state index contributed by atoms with van der Waals surface area (Å²) < 4.78 is 2.35. The summed E-state index contributed by atoms with van der Waals surface area (Å²) in [6.45, 7) is 0. The minimum atomic E-state index is 0.108. The Labute approximate surface area is 325 Å². The highest BCUT2D eigenvalue weighted by molar-refractivity contribution is 7.26. The van der Waals surface area contributed by atoms with Crippen molar-refractivity contribution in [2.45, 2.75) is 37.5 Å². The molecule has 2 nitrogen and oxygen atoms in total. The second-order valence-corrected chi connectivity index (χ2v) is 16.2. The molecule has 11 rings (SSSR count). The van der Waals surface area contributed by atoms with E-state index in [-0.39, 0.29) is 5.41 Å². The molecule has 0 bridgehead atoms. The molecule has 0 aliphatic heterocycles. The zero-order chi connectivity index (χ0) is 36.3. The molecule has 9 aromatic rings.